The zero-order valence-electron chi connectivity index (χ0n) is 16.7. The van der Waals surface area contributed by atoms with Gasteiger partial charge in [0.2, 0.25) is 0 Å². The second kappa shape index (κ2) is 12.3. The van der Waals surface area contributed by atoms with Crippen molar-refractivity contribution in [3.05, 3.63) is 52.2 Å². The van der Waals surface area contributed by atoms with Gasteiger partial charge in [0.1, 0.15) is 0 Å². The summed E-state index contributed by atoms with van der Waals surface area (Å²) in [6.07, 6.45) is 1.10. The van der Waals surface area contributed by atoms with Crippen molar-refractivity contribution in [2.75, 3.05) is 44.8 Å². The molecule has 0 radical (unpaired) electrons. The lowest BCUT2D eigenvalue weighted by Crippen LogP contribution is -2.39. The minimum atomic E-state index is 0. The number of thiophene rings is 1. The van der Waals surface area contributed by atoms with Crippen LogP contribution < -0.4 is 15.5 Å². The number of hydrogen-bond acceptors (Lipinski definition) is 4. The van der Waals surface area contributed by atoms with Crippen LogP contribution in [0.15, 0.2) is 46.8 Å². The fourth-order valence-corrected chi connectivity index (χ4v) is 4.04. The molecule has 154 valence electrons. The zero-order valence-corrected chi connectivity index (χ0v) is 19.8. The summed E-state index contributed by atoms with van der Waals surface area (Å²) in [5.74, 6) is 1.42. The van der Waals surface area contributed by atoms with E-state index in [2.05, 4.69) is 69.2 Å². The summed E-state index contributed by atoms with van der Waals surface area (Å²) in [6.45, 7) is 7.52. The van der Waals surface area contributed by atoms with E-state index in [1.165, 1.54) is 16.1 Å². The lowest BCUT2D eigenvalue weighted by atomic mass is 10.1. The second-order valence-corrected chi connectivity index (χ2v) is 7.99. The van der Waals surface area contributed by atoms with Gasteiger partial charge in [-0.15, -0.1) is 35.3 Å². The predicted octanol–water partition coefficient (Wildman–Crippen LogP) is 3.75. The van der Waals surface area contributed by atoms with E-state index in [9.17, 15) is 0 Å². The Morgan fingerprint density at radius 2 is 1.93 bits per heavy atom. The fourth-order valence-electron chi connectivity index (χ4n) is 3.17. The molecular weight excluding hydrogens is 483 g/mol. The molecule has 1 aliphatic rings. The quantitative estimate of drug-likeness (QED) is 0.336. The van der Waals surface area contributed by atoms with E-state index < -0.39 is 0 Å². The Morgan fingerprint density at radius 3 is 2.57 bits per heavy atom. The van der Waals surface area contributed by atoms with Crippen molar-refractivity contribution in [2.45, 2.75) is 19.9 Å². The number of morpholine rings is 1. The summed E-state index contributed by atoms with van der Waals surface area (Å²) < 4.78 is 5.42. The molecule has 5 nitrogen and oxygen atoms in total. The topological polar surface area (TPSA) is 48.9 Å². The Labute approximate surface area is 189 Å². The van der Waals surface area contributed by atoms with Gasteiger partial charge in [0.25, 0.3) is 0 Å². The average molecular weight is 514 g/mol. The van der Waals surface area contributed by atoms with Gasteiger partial charge in [-0.25, -0.2) is 0 Å². The lowest BCUT2D eigenvalue weighted by Gasteiger charge is -2.29. The van der Waals surface area contributed by atoms with Crippen LogP contribution >= 0.6 is 35.3 Å². The first-order chi connectivity index (χ1) is 13.2. The lowest BCUT2D eigenvalue weighted by molar-refractivity contribution is 0.122. The smallest absolute Gasteiger partial charge is 0.191 e. The first-order valence-electron chi connectivity index (χ1n) is 9.63. The van der Waals surface area contributed by atoms with Crippen molar-refractivity contribution < 1.29 is 4.74 Å². The summed E-state index contributed by atoms with van der Waals surface area (Å²) in [7, 11) is 1.82. The number of aliphatic imine (C=N–C) groups is 1. The maximum atomic E-state index is 5.42. The average Bonchev–Trinajstić information content (AvgIpc) is 3.22. The van der Waals surface area contributed by atoms with Crippen molar-refractivity contribution in [1.29, 1.82) is 0 Å². The largest absolute Gasteiger partial charge is 0.378 e. The maximum Gasteiger partial charge on any atom is 0.191 e. The third-order valence-electron chi connectivity index (χ3n) is 4.74. The van der Waals surface area contributed by atoms with Gasteiger partial charge in [0.15, 0.2) is 5.96 Å². The Hall–Kier alpha value is -1.32. The summed E-state index contributed by atoms with van der Waals surface area (Å²) >= 11 is 1.83. The summed E-state index contributed by atoms with van der Waals surface area (Å²) in [5, 5.41) is 8.98. The van der Waals surface area contributed by atoms with Gasteiger partial charge < -0.3 is 20.3 Å². The number of hydrogen-bond donors (Lipinski definition) is 2. The maximum absolute atomic E-state index is 5.42. The van der Waals surface area contributed by atoms with Gasteiger partial charge >= 0.3 is 0 Å². The molecule has 1 aromatic carbocycles. The molecule has 1 fully saturated rings. The summed E-state index contributed by atoms with van der Waals surface area (Å²) in [4.78, 5) is 8.15. The van der Waals surface area contributed by atoms with Crippen LogP contribution in [0.2, 0.25) is 0 Å². The van der Waals surface area contributed by atoms with Crippen LogP contribution in [-0.4, -0.2) is 45.9 Å². The Bertz CT molecular complexity index is 700. The van der Waals surface area contributed by atoms with Crippen LogP contribution in [0.25, 0.3) is 0 Å². The van der Waals surface area contributed by atoms with Crippen molar-refractivity contribution in [1.82, 2.24) is 10.6 Å². The molecule has 1 unspecified atom stereocenters. The molecule has 0 spiro atoms. The fraction of sp³-hybridized carbons (Fsp3) is 0.476. The predicted molar refractivity (Wildman–Crippen MR) is 130 cm³/mol. The molecule has 7 heteroatoms. The van der Waals surface area contributed by atoms with Crippen LogP contribution in [0.1, 0.15) is 17.4 Å². The minimum absolute atomic E-state index is 0. The molecule has 2 N–H and O–H groups in total. The number of nitrogens with zero attached hydrogens (tertiary/aromatic N) is 2. The van der Waals surface area contributed by atoms with Crippen LogP contribution in [-0.2, 0) is 17.7 Å². The molecule has 1 saturated heterocycles. The second-order valence-electron chi connectivity index (χ2n) is 6.96. The van der Waals surface area contributed by atoms with Gasteiger partial charge in [0.05, 0.1) is 13.2 Å². The van der Waals surface area contributed by atoms with Crippen molar-refractivity contribution >= 4 is 47.0 Å². The number of ether oxygens (including phenoxy) is 1. The normalized spacial score (nSPS) is 15.6. The molecule has 0 amide bonds. The number of benzene rings is 1. The highest BCUT2D eigenvalue weighted by molar-refractivity contribution is 14.0. The number of guanidine groups is 1. The third kappa shape index (κ3) is 7.25. The van der Waals surface area contributed by atoms with E-state index in [0.717, 1.165) is 51.8 Å². The van der Waals surface area contributed by atoms with Crippen LogP contribution in [0.4, 0.5) is 5.69 Å². The zero-order chi connectivity index (χ0) is 18.9. The minimum Gasteiger partial charge on any atom is -0.378 e. The Kier molecular flexibility index (Phi) is 10.1. The highest BCUT2D eigenvalue weighted by Gasteiger charge is 2.11. The molecule has 1 aromatic heterocycles. The first kappa shape index (κ1) is 23.0. The van der Waals surface area contributed by atoms with E-state index in [-0.39, 0.29) is 24.0 Å². The highest BCUT2D eigenvalue weighted by atomic mass is 127. The Balaban J connectivity index is 0.00000280. The standard InChI is InChI=1S/C21H30N4OS.HI/c1-17(14-20-4-3-13-27-20)15-23-21(22-2)24-16-18-5-7-19(8-6-18)25-9-11-26-12-10-25;/h3-8,13,17H,9-12,14-16H2,1-2H3,(H2,22,23,24);1H. The molecule has 2 heterocycles. The number of halogens is 1. The van der Waals surface area contributed by atoms with Crippen molar-refractivity contribution in [2.24, 2.45) is 10.9 Å². The van der Waals surface area contributed by atoms with Crippen LogP contribution in [0, 0.1) is 5.92 Å². The molecule has 0 bridgehead atoms. The van der Waals surface area contributed by atoms with E-state index in [4.69, 9.17) is 4.74 Å². The molecule has 0 saturated carbocycles. The van der Waals surface area contributed by atoms with Gasteiger partial charge in [-0.1, -0.05) is 25.1 Å². The van der Waals surface area contributed by atoms with E-state index in [0.29, 0.717) is 5.92 Å². The van der Waals surface area contributed by atoms with Gasteiger partial charge in [0, 0.05) is 43.8 Å². The molecule has 1 aliphatic heterocycles. The van der Waals surface area contributed by atoms with E-state index >= 15 is 0 Å². The van der Waals surface area contributed by atoms with Crippen molar-refractivity contribution in [3.63, 3.8) is 0 Å². The molecule has 2 aromatic rings. The van der Waals surface area contributed by atoms with Gasteiger partial charge in [-0.3, -0.25) is 4.99 Å². The SMILES string of the molecule is CN=C(NCc1ccc(N2CCOCC2)cc1)NCC(C)Cc1cccs1.I. The monoisotopic (exact) mass is 514 g/mol. The van der Waals surface area contributed by atoms with Crippen LogP contribution in [0.3, 0.4) is 0 Å². The number of nitrogens with one attached hydrogen (secondary N) is 2. The van der Waals surface area contributed by atoms with Crippen molar-refractivity contribution in [3.8, 4) is 0 Å². The third-order valence-corrected chi connectivity index (χ3v) is 5.64. The Morgan fingerprint density at radius 1 is 1.18 bits per heavy atom. The molecule has 1 atom stereocenters. The molecule has 3 rings (SSSR count). The van der Waals surface area contributed by atoms with Crippen LogP contribution in [0.5, 0.6) is 0 Å². The molecular formula is C21H31IN4OS. The summed E-state index contributed by atoms with van der Waals surface area (Å²) in [6, 6.07) is 13.1. The van der Waals surface area contributed by atoms with E-state index in [1.54, 1.807) is 0 Å². The molecule has 0 aliphatic carbocycles. The van der Waals surface area contributed by atoms with Gasteiger partial charge in [-0.05, 0) is 41.5 Å². The number of rotatable bonds is 7. The highest BCUT2D eigenvalue weighted by Crippen LogP contribution is 2.16. The first-order valence-corrected chi connectivity index (χ1v) is 10.5. The number of anilines is 1. The van der Waals surface area contributed by atoms with Gasteiger partial charge in [-0.2, -0.15) is 0 Å². The van der Waals surface area contributed by atoms with E-state index in [1.807, 2.05) is 18.4 Å². The summed E-state index contributed by atoms with van der Waals surface area (Å²) in [5.41, 5.74) is 2.52. The molecule has 28 heavy (non-hydrogen) atoms.